The first-order valence-corrected chi connectivity index (χ1v) is 6.78. The summed E-state index contributed by atoms with van der Waals surface area (Å²) in [6, 6.07) is 5.10. The predicted molar refractivity (Wildman–Crippen MR) is 74.0 cm³/mol. The summed E-state index contributed by atoms with van der Waals surface area (Å²) in [5, 5.41) is 11.6. The summed E-state index contributed by atoms with van der Waals surface area (Å²) in [6.45, 7) is 1.29. The van der Waals surface area contributed by atoms with Gasteiger partial charge >= 0.3 is 11.9 Å². The monoisotopic (exact) mass is 291 g/mol. The van der Waals surface area contributed by atoms with E-state index in [0.717, 1.165) is 12.8 Å². The molecule has 112 valence electrons. The molecule has 1 amide bonds. The van der Waals surface area contributed by atoms with Gasteiger partial charge in [-0.25, -0.2) is 4.79 Å². The van der Waals surface area contributed by atoms with E-state index in [4.69, 9.17) is 9.84 Å². The normalized spacial score (nSPS) is 15.1. The number of aliphatic carboxylic acids is 1. The lowest BCUT2D eigenvalue weighted by atomic mass is 10.1. The smallest absolute Gasteiger partial charge is 0.326 e. The molecule has 0 spiro atoms. The van der Waals surface area contributed by atoms with E-state index in [9.17, 15) is 14.4 Å². The highest BCUT2D eigenvalue weighted by Gasteiger charge is 2.30. The second-order valence-corrected chi connectivity index (χ2v) is 5.16. The molecular weight excluding hydrogens is 274 g/mol. The lowest BCUT2D eigenvalue weighted by Crippen LogP contribution is -2.41. The third kappa shape index (κ3) is 4.59. The molecule has 1 atom stereocenters. The van der Waals surface area contributed by atoms with Crippen LogP contribution in [0.2, 0.25) is 0 Å². The van der Waals surface area contributed by atoms with Crippen molar-refractivity contribution in [1.29, 1.82) is 0 Å². The van der Waals surface area contributed by atoms with E-state index in [2.05, 4.69) is 5.32 Å². The molecule has 2 rings (SSSR count). The van der Waals surface area contributed by atoms with E-state index in [-0.39, 0.29) is 0 Å². The van der Waals surface area contributed by atoms with Crippen molar-refractivity contribution in [2.45, 2.75) is 32.2 Å². The Morgan fingerprint density at radius 2 is 1.90 bits per heavy atom. The number of ether oxygens (including phenoxy) is 1. The maximum absolute atomic E-state index is 12.0. The minimum absolute atomic E-state index is 0.327. The number of amides is 1. The van der Waals surface area contributed by atoms with Crippen LogP contribution in [0.1, 0.15) is 36.5 Å². The summed E-state index contributed by atoms with van der Waals surface area (Å²) in [5.41, 5.74) is 0.327. The summed E-state index contributed by atoms with van der Waals surface area (Å²) in [7, 11) is 0. The Morgan fingerprint density at radius 1 is 1.29 bits per heavy atom. The average Bonchev–Trinajstić information content (AvgIpc) is 3.22. The van der Waals surface area contributed by atoms with E-state index in [1.807, 2.05) is 0 Å². The first kappa shape index (κ1) is 15.0. The maximum Gasteiger partial charge on any atom is 0.326 e. The van der Waals surface area contributed by atoms with Gasteiger partial charge in [-0.3, -0.25) is 9.59 Å². The summed E-state index contributed by atoms with van der Waals surface area (Å²) in [4.78, 5) is 33.9. The number of carboxylic acids is 1. The molecule has 1 fully saturated rings. The molecule has 21 heavy (non-hydrogen) atoms. The topological polar surface area (TPSA) is 92.7 Å². The zero-order valence-corrected chi connectivity index (χ0v) is 11.7. The van der Waals surface area contributed by atoms with Gasteiger partial charge in [-0.05, 0) is 36.6 Å². The minimum Gasteiger partial charge on any atom is -0.480 e. The van der Waals surface area contributed by atoms with Gasteiger partial charge in [-0.1, -0.05) is 12.8 Å². The van der Waals surface area contributed by atoms with Gasteiger partial charge in [-0.2, -0.15) is 0 Å². The Morgan fingerprint density at radius 3 is 2.38 bits per heavy atom. The zero-order chi connectivity index (χ0) is 15.4. The fraction of sp³-hybridized carbons (Fsp3) is 0.400. The summed E-state index contributed by atoms with van der Waals surface area (Å²) in [6.07, 6.45) is 2.51. The molecule has 6 nitrogen and oxygen atoms in total. The fourth-order valence-corrected chi connectivity index (χ4v) is 1.99. The lowest BCUT2D eigenvalue weighted by Gasteiger charge is -2.14. The van der Waals surface area contributed by atoms with Crippen LogP contribution in [0.4, 0.5) is 0 Å². The molecular formula is C15H17NO5. The fourth-order valence-electron chi connectivity index (χ4n) is 1.99. The molecule has 0 unspecified atom stereocenters. The van der Waals surface area contributed by atoms with Gasteiger partial charge in [0.15, 0.2) is 0 Å². The molecule has 0 aromatic heterocycles. The number of benzene rings is 1. The third-order valence-corrected chi connectivity index (χ3v) is 3.25. The van der Waals surface area contributed by atoms with Gasteiger partial charge in [0, 0.05) is 12.5 Å². The van der Waals surface area contributed by atoms with E-state index in [0.29, 0.717) is 23.7 Å². The van der Waals surface area contributed by atoms with Gasteiger partial charge in [-0.15, -0.1) is 0 Å². The van der Waals surface area contributed by atoms with Gasteiger partial charge in [0.05, 0.1) is 0 Å². The van der Waals surface area contributed by atoms with Crippen molar-refractivity contribution in [2.24, 2.45) is 5.92 Å². The van der Waals surface area contributed by atoms with Gasteiger partial charge in [0.1, 0.15) is 11.8 Å². The summed E-state index contributed by atoms with van der Waals surface area (Å²) < 4.78 is 4.86. The van der Waals surface area contributed by atoms with Crippen molar-refractivity contribution < 1.29 is 24.2 Å². The van der Waals surface area contributed by atoms with E-state index >= 15 is 0 Å². The van der Waals surface area contributed by atoms with E-state index in [1.165, 1.54) is 31.2 Å². The Balaban J connectivity index is 1.97. The van der Waals surface area contributed by atoms with Crippen molar-refractivity contribution in [3.63, 3.8) is 0 Å². The van der Waals surface area contributed by atoms with Crippen LogP contribution in [0.25, 0.3) is 0 Å². The summed E-state index contributed by atoms with van der Waals surface area (Å²) >= 11 is 0. The molecule has 1 aromatic carbocycles. The van der Waals surface area contributed by atoms with Crippen LogP contribution in [0.5, 0.6) is 5.75 Å². The molecule has 0 radical (unpaired) electrons. The van der Waals surface area contributed by atoms with Crippen molar-refractivity contribution in [3.8, 4) is 5.75 Å². The number of carboxylic acid groups (broad SMARTS) is 1. The SMILES string of the molecule is CC(=O)Oc1ccc(C(=O)N[C@H](CC2CC2)C(=O)O)cc1. The second-order valence-electron chi connectivity index (χ2n) is 5.16. The molecule has 0 bridgehead atoms. The van der Waals surface area contributed by atoms with E-state index < -0.39 is 23.9 Å². The van der Waals surface area contributed by atoms with Gasteiger partial charge < -0.3 is 15.2 Å². The van der Waals surface area contributed by atoms with Gasteiger partial charge in [0.2, 0.25) is 0 Å². The number of carbonyl (C=O) groups excluding carboxylic acids is 2. The van der Waals surface area contributed by atoms with Crippen molar-refractivity contribution >= 4 is 17.8 Å². The van der Waals surface area contributed by atoms with Crippen LogP contribution in [0, 0.1) is 5.92 Å². The third-order valence-electron chi connectivity index (χ3n) is 3.25. The predicted octanol–water partition coefficient (Wildman–Crippen LogP) is 1.60. The highest BCUT2D eigenvalue weighted by molar-refractivity contribution is 5.96. The van der Waals surface area contributed by atoms with Crippen LogP contribution < -0.4 is 10.1 Å². The number of hydrogen-bond acceptors (Lipinski definition) is 4. The van der Waals surface area contributed by atoms with Crippen molar-refractivity contribution in [1.82, 2.24) is 5.32 Å². The maximum atomic E-state index is 12.0. The lowest BCUT2D eigenvalue weighted by molar-refractivity contribution is -0.139. The quantitative estimate of drug-likeness (QED) is 0.613. The first-order chi connectivity index (χ1) is 9.95. The van der Waals surface area contributed by atoms with Crippen LogP contribution in [0.15, 0.2) is 24.3 Å². The Bertz CT molecular complexity index is 548. The summed E-state index contributed by atoms with van der Waals surface area (Å²) in [5.74, 6) is -1.17. The minimum atomic E-state index is -1.02. The Labute approximate surface area is 122 Å². The average molecular weight is 291 g/mol. The number of hydrogen-bond donors (Lipinski definition) is 2. The standard InChI is InChI=1S/C15H17NO5/c1-9(17)21-12-6-4-11(5-7-12)14(18)16-13(15(19)20)8-10-2-3-10/h4-7,10,13H,2-3,8H2,1H3,(H,16,18)(H,19,20)/t13-/m1/s1. The molecule has 0 saturated heterocycles. The Kier molecular flexibility index (Phi) is 4.57. The van der Waals surface area contributed by atoms with Crippen LogP contribution in [-0.4, -0.2) is 29.0 Å². The highest BCUT2D eigenvalue weighted by Crippen LogP contribution is 2.33. The largest absolute Gasteiger partial charge is 0.480 e. The molecule has 6 heteroatoms. The van der Waals surface area contributed by atoms with Crippen LogP contribution >= 0.6 is 0 Å². The van der Waals surface area contributed by atoms with Crippen LogP contribution in [0.3, 0.4) is 0 Å². The number of nitrogens with one attached hydrogen (secondary N) is 1. The molecule has 1 aromatic rings. The zero-order valence-electron chi connectivity index (χ0n) is 11.7. The number of esters is 1. The second kappa shape index (κ2) is 6.39. The molecule has 0 heterocycles. The number of carbonyl (C=O) groups is 3. The molecule has 0 aliphatic heterocycles. The van der Waals surface area contributed by atoms with Crippen molar-refractivity contribution in [2.75, 3.05) is 0 Å². The molecule has 1 aliphatic carbocycles. The van der Waals surface area contributed by atoms with Gasteiger partial charge in [0.25, 0.3) is 5.91 Å². The van der Waals surface area contributed by atoms with Crippen molar-refractivity contribution in [3.05, 3.63) is 29.8 Å². The highest BCUT2D eigenvalue weighted by atomic mass is 16.5. The first-order valence-electron chi connectivity index (χ1n) is 6.78. The van der Waals surface area contributed by atoms with Crippen LogP contribution in [-0.2, 0) is 9.59 Å². The molecule has 1 aliphatic rings. The Hall–Kier alpha value is -2.37. The van der Waals surface area contributed by atoms with E-state index in [1.54, 1.807) is 0 Å². The molecule has 1 saturated carbocycles. The number of rotatable bonds is 6. The molecule has 2 N–H and O–H groups in total.